The minimum Gasteiger partial charge on any atom is -0.383 e. The van der Waals surface area contributed by atoms with E-state index in [2.05, 4.69) is 5.32 Å². The van der Waals surface area contributed by atoms with Gasteiger partial charge in [-0.15, -0.1) is 0 Å². The minimum absolute atomic E-state index is 0.0805. The molecule has 1 heterocycles. The first kappa shape index (κ1) is 15.4. The molecule has 0 aromatic rings. The van der Waals surface area contributed by atoms with Crippen LogP contribution in [0.25, 0.3) is 0 Å². The van der Waals surface area contributed by atoms with Gasteiger partial charge in [0, 0.05) is 26.7 Å². The van der Waals surface area contributed by atoms with E-state index in [4.69, 9.17) is 4.74 Å². The number of amides is 1. The SMILES string of the molecule is CCS(=O)(=O)N1CCCC(C(=O)NCCOC)C1. The number of nitrogens with one attached hydrogen (secondary N) is 1. The van der Waals surface area contributed by atoms with Crippen molar-refractivity contribution in [2.24, 2.45) is 5.92 Å². The van der Waals surface area contributed by atoms with Gasteiger partial charge in [0.2, 0.25) is 15.9 Å². The summed E-state index contributed by atoms with van der Waals surface area (Å²) in [4.78, 5) is 11.8. The maximum Gasteiger partial charge on any atom is 0.224 e. The molecule has 1 aliphatic rings. The molecular weight excluding hydrogens is 256 g/mol. The Bertz CT molecular complexity index is 369. The molecular formula is C11H22N2O4S. The zero-order valence-electron chi connectivity index (χ0n) is 11.0. The lowest BCUT2D eigenvalue weighted by Crippen LogP contribution is -2.46. The fraction of sp³-hybridized carbons (Fsp3) is 0.909. The first-order valence-corrected chi connectivity index (χ1v) is 7.86. The molecule has 0 saturated carbocycles. The summed E-state index contributed by atoms with van der Waals surface area (Å²) in [6.07, 6.45) is 1.48. The van der Waals surface area contributed by atoms with Gasteiger partial charge in [0.25, 0.3) is 0 Å². The second kappa shape index (κ2) is 7.06. The van der Waals surface area contributed by atoms with E-state index in [0.717, 1.165) is 12.8 Å². The fourth-order valence-electron chi connectivity index (χ4n) is 2.01. The van der Waals surface area contributed by atoms with E-state index in [1.54, 1.807) is 14.0 Å². The number of methoxy groups -OCH3 is 1. The van der Waals surface area contributed by atoms with Gasteiger partial charge in [0.15, 0.2) is 0 Å². The molecule has 1 aliphatic heterocycles. The molecule has 0 aliphatic carbocycles. The highest BCUT2D eigenvalue weighted by Crippen LogP contribution is 2.19. The van der Waals surface area contributed by atoms with Crippen molar-refractivity contribution in [2.45, 2.75) is 19.8 Å². The maximum atomic E-state index is 11.8. The van der Waals surface area contributed by atoms with Gasteiger partial charge in [-0.05, 0) is 19.8 Å². The van der Waals surface area contributed by atoms with Gasteiger partial charge in [-0.25, -0.2) is 12.7 Å². The standard InChI is InChI=1S/C11H22N2O4S/c1-3-18(15,16)13-7-4-5-10(9-13)11(14)12-6-8-17-2/h10H,3-9H2,1-2H3,(H,12,14). The van der Waals surface area contributed by atoms with Crippen LogP contribution in [-0.2, 0) is 19.6 Å². The molecule has 0 radical (unpaired) electrons. The molecule has 1 atom stereocenters. The second-order valence-corrected chi connectivity index (χ2v) is 6.64. The van der Waals surface area contributed by atoms with Gasteiger partial charge in [-0.2, -0.15) is 0 Å². The number of carbonyl (C=O) groups excluding carboxylic acids is 1. The summed E-state index contributed by atoms with van der Waals surface area (Å²) in [7, 11) is -1.61. The van der Waals surface area contributed by atoms with E-state index in [1.165, 1.54) is 4.31 Å². The third-order valence-electron chi connectivity index (χ3n) is 3.12. The molecule has 0 aromatic heterocycles. The summed E-state index contributed by atoms with van der Waals surface area (Å²) in [6.45, 7) is 3.38. The summed E-state index contributed by atoms with van der Waals surface area (Å²) in [6, 6.07) is 0. The van der Waals surface area contributed by atoms with Gasteiger partial charge in [0.05, 0.1) is 18.3 Å². The molecule has 0 bridgehead atoms. The van der Waals surface area contributed by atoms with Crippen molar-refractivity contribution in [3.63, 3.8) is 0 Å². The predicted molar refractivity (Wildman–Crippen MR) is 68.6 cm³/mol. The zero-order chi connectivity index (χ0) is 13.6. The molecule has 6 nitrogen and oxygen atoms in total. The van der Waals surface area contributed by atoms with Crippen LogP contribution in [-0.4, -0.2) is 57.7 Å². The number of hydrogen-bond donors (Lipinski definition) is 1. The normalized spacial score (nSPS) is 21.8. The van der Waals surface area contributed by atoms with E-state index in [0.29, 0.717) is 26.2 Å². The van der Waals surface area contributed by atoms with Gasteiger partial charge in [-0.3, -0.25) is 4.79 Å². The predicted octanol–water partition coefficient (Wildman–Crippen LogP) is -0.189. The number of nitrogens with zero attached hydrogens (tertiary/aromatic N) is 1. The van der Waals surface area contributed by atoms with Gasteiger partial charge in [-0.1, -0.05) is 0 Å². The first-order chi connectivity index (χ1) is 8.51. The Labute approximate surface area is 109 Å². The highest BCUT2D eigenvalue weighted by Gasteiger charge is 2.31. The number of piperidine rings is 1. The lowest BCUT2D eigenvalue weighted by atomic mass is 9.99. The molecule has 1 N–H and O–H groups in total. The van der Waals surface area contributed by atoms with Crippen LogP contribution >= 0.6 is 0 Å². The smallest absolute Gasteiger partial charge is 0.224 e. The van der Waals surface area contributed by atoms with Crippen LogP contribution in [0.3, 0.4) is 0 Å². The van der Waals surface area contributed by atoms with Crippen molar-refractivity contribution in [3.8, 4) is 0 Å². The summed E-state index contributed by atoms with van der Waals surface area (Å²) in [5.74, 6) is -0.231. The van der Waals surface area contributed by atoms with Crippen molar-refractivity contribution in [1.82, 2.24) is 9.62 Å². The number of ether oxygens (including phenoxy) is 1. The van der Waals surface area contributed by atoms with Crippen LogP contribution in [0.2, 0.25) is 0 Å². The Morgan fingerprint density at radius 3 is 2.83 bits per heavy atom. The van der Waals surface area contributed by atoms with Crippen LogP contribution in [0.4, 0.5) is 0 Å². The van der Waals surface area contributed by atoms with Gasteiger partial charge in [0.1, 0.15) is 0 Å². The first-order valence-electron chi connectivity index (χ1n) is 6.25. The minimum atomic E-state index is -3.18. The summed E-state index contributed by atoms with van der Waals surface area (Å²) in [5, 5.41) is 2.76. The number of carbonyl (C=O) groups is 1. The molecule has 18 heavy (non-hydrogen) atoms. The van der Waals surface area contributed by atoms with Crippen LogP contribution in [0, 0.1) is 5.92 Å². The van der Waals surface area contributed by atoms with Gasteiger partial charge >= 0.3 is 0 Å². The monoisotopic (exact) mass is 278 g/mol. The Morgan fingerprint density at radius 1 is 1.50 bits per heavy atom. The third kappa shape index (κ3) is 4.22. The van der Waals surface area contributed by atoms with Crippen LogP contribution in [0.1, 0.15) is 19.8 Å². The average Bonchev–Trinajstić information content (AvgIpc) is 2.39. The van der Waals surface area contributed by atoms with Crippen molar-refractivity contribution >= 4 is 15.9 Å². The average molecular weight is 278 g/mol. The van der Waals surface area contributed by atoms with Crippen LogP contribution in [0.5, 0.6) is 0 Å². The number of hydrogen-bond acceptors (Lipinski definition) is 4. The quantitative estimate of drug-likeness (QED) is 0.683. The molecule has 1 rings (SSSR count). The Hall–Kier alpha value is -0.660. The molecule has 0 aromatic carbocycles. The van der Waals surface area contributed by atoms with Crippen molar-refractivity contribution < 1.29 is 17.9 Å². The number of rotatable bonds is 6. The molecule has 106 valence electrons. The van der Waals surface area contributed by atoms with Gasteiger partial charge < -0.3 is 10.1 Å². The van der Waals surface area contributed by atoms with E-state index < -0.39 is 10.0 Å². The Kier molecular flexibility index (Phi) is 6.04. The Balaban J connectivity index is 2.51. The van der Waals surface area contributed by atoms with E-state index in [9.17, 15) is 13.2 Å². The van der Waals surface area contributed by atoms with E-state index >= 15 is 0 Å². The summed E-state index contributed by atoms with van der Waals surface area (Å²) < 4.78 is 29.8. The zero-order valence-corrected chi connectivity index (χ0v) is 11.8. The lowest BCUT2D eigenvalue weighted by molar-refractivity contribution is -0.126. The highest BCUT2D eigenvalue weighted by atomic mass is 32.2. The van der Waals surface area contributed by atoms with Crippen molar-refractivity contribution in [1.29, 1.82) is 0 Å². The molecule has 1 saturated heterocycles. The Morgan fingerprint density at radius 2 is 2.22 bits per heavy atom. The molecule has 7 heteroatoms. The van der Waals surface area contributed by atoms with Crippen LogP contribution < -0.4 is 5.32 Å². The van der Waals surface area contributed by atoms with E-state index in [-0.39, 0.29) is 17.6 Å². The molecule has 0 spiro atoms. The second-order valence-electron chi connectivity index (χ2n) is 4.38. The fourth-order valence-corrected chi connectivity index (χ4v) is 3.19. The largest absolute Gasteiger partial charge is 0.383 e. The van der Waals surface area contributed by atoms with Crippen molar-refractivity contribution in [2.75, 3.05) is 39.1 Å². The number of sulfonamides is 1. The molecule has 1 fully saturated rings. The third-order valence-corrected chi connectivity index (χ3v) is 4.97. The highest BCUT2D eigenvalue weighted by molar-refractivity contribution is 7.89. The summed E-state index contributed by atoms with van der Waals surface area (Å²) >= 11 is 0. The molecule has 1 unspecified atom stereocenters. The lowest BCUT2D eigenvalue weighted by Gasteiger charge is -2.30. The summed E-state index contributed by atoms with van der Waals surface area (Å²) in [5.41, 5.74) is 0. The topological polar surface area (TPSA) is 75.7 Å². The van der Waals surface area contributed by atoms with Crippen LogP contribution in [0.15, 0.2) is 0 Å². The van der Waals surface area contributed by atoms with E-state index in [1.807, 2.05) is 0 Å². The van der Waals surface area contributed by atoms with Crippen molar-refractivity contribution in [3.05, 3.63) is 0 Å². The molecule has 1 amide bonds. The maximum absolute atomic E-state index is 11.8.